The number of hydrogen-bond acceptors (Lipinski definition) is 3. The van der Waals surface area contributed by atoms with Gasteiger partial charge in [0.15, 0.2) is 0 Å². The van der Waals surface area contributed by atoms with Crippen LogP contribution >= 0.6 is 11.3 Å². The number of thiophene rings is 1. The zero-order valence-electron chi connectivity index (χ0n) is 17.4. The van der Waals surface area contributed by atoms with Crippen LogP contribution in [-0.4, -0.2) is 4.40 Å². The fraction of sp³-hybridized carbons (Fsp3) is 0.111. The number of nitriles is 2. The number of rotatable bonds is 1. The van der Waals surface area contributed by atoms with Crippen LogP contribution in [0.4, 0.5) is 0 Å². The first kappa shape index (κ1) is 18.0. The molecule has 0 bridgehead atoms. The highest BCUT2D eigenvalue weighted by atomic mass is 32.1. The normalized spacial score (nSPS) is 11.6. The van der Waals surface area contributed by atoms with Gasteiger partial charge in [-0.3, -0.25) is 4.40 Å². The Balaban J connectivity index is 1.78. The summed E-state index contributed by atoms with van der Waals surface area (Å²) in [5.41, 5.74) is 8.11. The lowest BCUT2D eigenvalue weighted by Gasteiger charge is -2.03. The Morgan fingerprint density at radius 2 is 1.52 bits per heavy atom. The van der Waals surface area contributed by atoms with Crippen LogP contribution in [0.1, 0.15) is 27.8 Å². The summed E-state index contributed by atoms with van der Waals surface area (Å²) < 4.78 is 2.41. The van der Waals surface area contributed by atoms with E-state index in [1.807, 2.05) is 12.1 Å². The van der Waals surface area contributed by atoms with Gasteiger partial charge in [0.25, 0.3) is 0 Å². The number of benzene rings is 3. The van der Waals surface area contributed by atoms with Crippen molar-refractivity contribution in [3.8, 4) is 22.6 Å². The molecule has 0 amide bonds. The van der Waals surface area contributed by atoms with E-state index in [4.69, 9.17) is 0 Å². The van der Waals surface area contributed by atoms with E-state index in [1.54, 1.807) is 17.4 Å². The topological polar surface area (TPSA) is 52.0 Å². The van der Waals surface area contributed by atoms with E-state index in [9.17, 15) is 10.5 Å². The maximum atomic E-state index is 9.48. The number of hydrogen-bond donors (Lipinski definition) is 0. The van der Waals surface area contributed by atoms with Crippen LogP contribution in [-0.2, 0) is 0 Å². The standard InChI is InChI=1S/C27H17N3S/c1-14-4-7-23-20(8-14)21-9-15(2)10-22-24-16(3)26(31-27(24)30(23)25(21)22)17-5-6-18(12-28)19(11-17)13-29/h4-11H,1-3H3. The predicted molar refractivity (Wildman–Crippen MR) is 128 cm³/mol. The van der Waals surface area contributed by atoms with Gasteiger partial charge < -0.3 is 0 Å². The summed E-state index contributed by atoms with van der Waals surface area (Å²) in [4.78, 5) is 2.39. The average molecular weight is 416 g/mol. The van der Waals surface area contributed by atoms with Gasteiger partial charge in [0.2, 0.25) is 0 Å². The fourth-order valence-electron chi connectivity index (χ4n) is 4.93. The molecule has 4 heteroatoms. The maximum Gasteiger partial charge on any atom is 0.109 e. The summed E-state index contributed by atoms with van der Waals surface area (Å²) in [6.45, 7) is 6.47. The van der Waals surface area contributed by atoms with Crippen molar-refractivity contribution >= 4 is 48.7 Å². The fourth-order valence-corrected chi connectivity index (χ4v) is 6.27. The van der Waals surface area contributed by atoms with E-state index in [0.29, 0.717) is 11.1 Å². The second-order valence-electron chi connectivity index (χ2n) is 8.28. The van der Waals surface area contributed by atoms with Gasteiger partial charge in [0, 0.05) is 26.4 Å². The third-order valence-corrected chi connectivity index (χ3v) is 7.61. The van der Waals surface area contributed by atoms with Gasteiger partial charge in [-0.15, -0.1) is 11.3 Å². The molecule has 3 aromatic heterocycles. The highest BCUT2D eigenvalue weighted by Crippen LogP contribution is 2.47. The lowest BCUT2D eigenvalue weighted by molar-refractivity contribution is 1.38. The molecule has 0 saturated carbocycles. The van der Waals surface area contributed by atoms with Crippen molar-refractivity contribution < 1.29 is 0 Å². The molecule has 0 spiro atoms. The minimum atomic E-state index is 0.419. The molecule has 0 aliphatic heterocycles. The Hall–Kier alpha value is -3.86. The van der Waals surface area contributed by atoms with Crippen molar-refractivity contribution in [2.75, 3.05) is 0 Å². The molecule has 0 saturated heterocycles. The Labute approximate surface area is 183 Å². The lowest BCUT2D eigenvalue weighted by atomic mass is 10.0. The summed E-state index contributed by atoms with van der Waals surface area (Å²) in [5.74, 6) is 0. The van der Waals surface area contributed by atoms with Crippen LogP contribution < -0.4 is 0 Å². The second-order valence-corrected chi connectivity index (χ2v) is 9.28. The van der Waals surface area contributed by atoms with Crippen LogP contribution in [0.5, 0.6) is 0 Å². The van der Waals surface area contributed by atoms with Crippen LogP contribution in [0.2, 0.25) is 0 Å². The molecule has 6 rings (SSSR count). The second kappa shape index (κ2) is 6.08. The molecule has 3 heterocycles. The molecule has 0 unspecified atom stereocenters. The molecule has 146 valence electrons. The highest BCUT2D eigenvalue weighted by molar-refractivity contribution is 7.22. The summed E-state index contributed by atoms with van der Waals surface area (Å²) in [6.07, 6.45) is 0. The van der Waals surface area contributed by atoms with Crippen LogP contribution in [0, 0.1) is 43.4 Å². The Kier molecular flexibility index (Phi) is 3.52. The number of fused-ring (bicyclic) bond motifs is 6. The summed E-state index contributed by atoms with van der Waals surface area (Å²) in [7, 11) is 0. The van der Waals surface area contributed by atoms with Crippen LogP contribution in [0.15, 0.2) is 48.5 Å². The van der Waals surface area contributed by atoms with Crippen molar-refractivity contribution in [3.05, 3.63) is 76.3 Å². The van der Waals surface area contributed by atoms with E-state index in [1.165, 1.54) is 54.1 Å². The van der Waals surface area contributed by atoms with Crippen LogP contribution in [0.3, 0.4) is 0 Å². The first-order valence-electron chi connectivity index (χ1n) is 10.2. The smallest absolute Gasteiger partial charge is 0.109 e. The molecule has 31 heavy (non-hydrogen) atoms. The molecule has 6 aromatic rings. The third-order valence-electron chi connectivity index (χ3n) is 6.28. The van der Waals surface area contributed by atoms with Gasteiger partial charge in [-0.25, -0.2) is 0 Å². The molecule has 0 fully saturated rings. The molecule has 3 nitrogen and oxygen atoms in total. The highest BCUT2D eigenvalue weighted by Gasteiger charge is 2.23. The lowest BCUT2D eigenvalue weighted by Crippen LogP contribution is -1.85. The van der Waals surface area contributed by atoms with Gasteiger partial charge in [0.1, 0.15) is 17.0 Å². The van der Waals surface area contributed by atoms with E-state index >= 15 is 0 Å². The van der Waals surface area contributed by atoms with Crippen LogP contribution in [0.25, 0.3) is 47.8 Å². The first-order valence-corrected chi connectivity index (χ1v) is 11.0. The first-order chi connectivity index (χ1) is 15.0. The minimum Gasteiger partial charge on any atom is -0.299 e. The Bertz CT molecular complexity index is 1780. The molecule has 0 radical (unpaired) electrons. The zero-order chi connectivity index (χ0) is 21.4. The molecule has 0 aliphatic carbocycles. The molecule has 3 aromatic carbocycles. The number of nitrogens with zero attached hydrogens (tertiary/aromatic N) is 3. The van der Waals surface area contributed by atoms with Crippen molar-refractivity contribution in [1.82, 2.24) is 4.40 Å². The summed E-state index contributed by atoms with van der Waals surface area (Å²) in [6, 6.07) is 21.1. The quantitative estimate of drug-likeness (QED) is 0.284. The summed E-state index contributed by atoms with van der Waals surface area (Å²) >= 11 is 1.76. The molecular formula is C27H17N3S. The van der Waals surface area contributed by atoms with Crippen molar-refractivity contribution in [2.24, 2.45) is 0 Å². The van der Waals surface area contributed by atoms with Gasteiger partial charge in [-0.05, 0) is 73.9 Å². The van der Waals surface area contributed by atoms with Crippen molar-refractivity contribution in [3.63, 3.8) is 0 Å². The van der Waals surface area contributed by atoms with Gasteiger partial charge in [-0.2, -0.15) is 10.5 Å². The number of aromatic nitrogens is 1. The molecule has 0 N–H and O–H groups in total. The average Bonchev–Trinajstić information content (AvgIpc) is 3.38. The van der Waals surface area contributed by atoms with Gasteiger partial charge in [0.05, 0.1) is 22.2 Å². The third kappa shape index (κ3) is 2.26. The monoisotopic (exact) mass is 415 g/mol. The van der Waals surface area contributed by atoms with E-state index in [2.05, 4.69) is 67.6 Å². The Morgan fingerprint density at radius 3 is 2.29 bits per heavy atom. The maximum absolute atomic E-state index is 9.48. The van der Waals surface area contributed by atoms with Gasteiger partial charge >= 0.3 is 0 Å². The SMILES string of the molecule is Cc1ccc2c(c1)c1cc(C)cc3c4c(C)c(-c5ccc(C#N)c(C#N)c5)sc4n2c13. The zero-order valence-corrected chi connectivity index (χ0v) is 18.2. The molecule has 0 aliphatic rings. The van der Waals surface area contributed by atoms with E-state index < -0.39 is 0 Å². The number of aryl methyl sites for hydroxylation is 3. The van der Waals surface area contributed by atoms with E-state index in [-0.39, 0.29) is 0 Å². The van der Waals surface area contributed by atoms with Crippen molar-refractivity contribution in [1.29, 1.82) is 10.5 Å². The predicted octanol–water partition coefficient (Wildman–Crippen LogP) is 7.23. The largest absolute Gasteiger partial charge is 0.299 e. The van der Waals surface area contributed by atoms with Gasteiger partial charge in [-0.1, -0.05) is 17.7 Å². The molecular weight excluding hydrogens is 398 g/mol. The summed E-state index contributed by atoms with van der Waals surface area (Å²) in [5, 5.41) is 23.9. The molecule has 0 atom stereocenters. The minimum absolute atomic E-state index is 0.419. The Morgan fingerprint density at radius 1 is 0.774 bits per heavy atom. The van der Waals surface area contributed by atoms with E-state index in [0.717, 1.165) is 10.4 Å². The van der Waals surface area contributed by atoms with Crippen molar-refractivity contribution in [2.45, 2.75) is 20.8 Å².